The summed E-state index contributed by atoms with van der Waals surface area (Å²) in [6.07, 6.45) is 2.87. The van der Waals surface area contributed by atoms with Crippen LogP contribution in [-0.4, -0.2) is 34.1 Å². The van der Waals surface area contributed by atoms with E-state index in [-0.39, 0.29) is 16.8 Å². The molecule has 0 spiro atoms. The first-order chi connectivity index (χ1) is 12.8. The van der Waals surface area contributed by atoms with Crippen LogP contribution < -0.4 is 10.0 Å². The first-order valence-electron chi connectivity index (χ1n) is 7.99. The van der Waals surface area contributed by atoms with Crippen molar-refractivity contribution in [2.75, 3.05) is 10.0 Å². The first kappa shape index (κ1) is 18.5. The van der Waals surface area contributed by atoms with E-state index in [0.29, 0.717) is 16.9 Å². The zero-order valence-corrected chi connectivity index (χ0v) is 15.8. The third-order valence-corrected chi connectivity index (χ3v) is 5.29. The van der Waals surface area contributed by atoms with Gasteiger partial charge in [-0.05, 0) is 44.2 Å². The van der Waals surface area contributed by atoms with Gasteiger partial charge in [0.2, 0.25) is 5.95 Å². The molecule has 0 atom stereocenters. The monoisotopic (exact) mass is 386 g/mol. The molecule has 0 fully saturated rings. The normalized spacial score (nSPS) is 11.2. The molecule has 27 heavy (non-hydrogen) atoms. The van der Waals surface area contributed by atoms with Gasteiger partial charge in [0.05, 0.1) is 16.2 Å². The summed E-state index contributed by atoms with van der Waals surface area (Å²) in [6, 6.07) is 7.40. The van der Waals surface area contributed by atoms with Crippen LogP contribution in [0.3, 0.4) is 0 Å². The molecule has 9 nitrogen and oxygen atoms in total. The Hall–Kier alpha value is -3.27. The lowest BCUT2D eigenvalue weighted by Gasteiger charge is -2.08. The van der Waals surface area contributed by atoms with Gasteiger partial charge in [-0.3, -0.25) is 9.48 Å². The van der Waals surface area contributed by atoms with Gasteiger partial charge in [-0.2, -0.15) is 5.10 Å². The van der Waals surface area contributed by atoms with Crippen LogP contribution in [0, 0.1) is 13.8 Å². The van der Waals surface area contributed by atoms with Gasteiger partial charge in [0, 0.05) is 30.8 Å². The summed E-state index contributed by atoms with van der Waals surface area (Å²) in [5, 5.41) is 6.97. The number of hydrogen-bond donors (Lipinski definition) is 2. The molecule has 3 rings (SSSR count). The fourth-order valence-corrected chi connectivity index (χ4v) is 3.50. The maximum absolute atomic E-state index is 12.5. The highest BCUT2D eigenvalue weighted by Crippen LogP contribution is 2.18. The fraction of sp³-hybridized carbons (Fsp3) is 0.176. The Morgan fingerprint density at radius 1 is 1.07 bits per heavy atom. The van der Waals surface area contributed by atoms with E-state index >= 15 is 0 Å². The number of nitrogens with zero attached hydrogens (tertiary/aromatic N) is 4. The summed E-state index contributed by atoms with van der Waals surface area (Å²) in [4.78, 5) is 20.2. The van der Waals surface area contributed by atoms with Crippen LogP contribution in [0.4, 0.5) is 11.6 Å². The lowest BCUT2D eigenvalue weighted by molar-refractivity contribution is 0.102. The maximum Gasteiger partial charge on any atom is 0.264 e. The van der Waals surface area contributed by atoms with E-state index in [1.54, 1.807) is 24.7 Å². The lowest BCUT2D eigenvalue weighted by atomic mass is 10.2. The van der Waals surface area contributed by atoms with Gasteiger partial charge in [0.25, 0.3) is 15.9 Å². The summed E-state index contributed by atoms with van der Waals surface area (Å²) in [6.45, 7) is 3.57. The molecule has 0 saturated heterocycles. The largest absolute Gasteiger partial charge is 0.322 e. The number of anilines is 2. The molecule has 0 aliphatic carbocycles. The number of nitrogens with one attached hydrogen (secondary N) is 2. The van der Waals surface area contributed by atoms with E-state index in [2.05, 4.69) is 25.1 Å². The zero-order valence-electron chi connectivity index (χ0n) is 15.0. The van der Waals surface area contributed by atoms with Crippen LogP contribution in [0.2, 0.25) is 0 Å². The molecular formula is C17H18N6O3S. The zero-order chi connectivity index (χ0) is 19.6. The fourth-order valence-electron chi connectivity index (χ4n) is 2.54. The summed E-state index contributed by atoms with van der Waals surface area (Å²) < 4.78 is 28.6. The number of aromatic nitrogens is 4. The van der Waals surface area contributed by atoms with Crippen LogP contribution >= 0.6 is 0 Å². The van der Waals surface area contributed by atoms with E-state index in [9.17, 15) is 13.2 Å². The van der Waals surface area contributed by atoms with Crippen molar-refractivity contribution < 1.29 is 13.2 Å². The third-order valence-electron chi connectivity index (χ3n) is 3.95. The number of benzene rings is 1. The van der Waals surface area contributed by atoms with Crippen molar-refractivity contribution in [3.8, 4) is 0 Å². The summed E-state index contributed by atoms with van der Waals surface area (Å²) in [7, 11) is -2.06. The number of amides is 1. The van der Waals surface area contributed by atoms with Crippen molar-refractivity contribution in [3.63, 3.8) is 0 Å². The number of sulfonamides is 1. The van der Waals surface area contributed by atoms with Crippen LogP contribution in [0.5, 0.6) is 0 Å². The average molecular weight is 386 g/mol. The molecule has 0 aliphatic rings. The second-order valence-electron chi connectivity index (χ2n) is 5.83. The number of hydrogen-bond acceptors (Lipinski definition) is 6. The number of carbonyl (C=O) groups is 1. The molecular weight excluding hydrogens is 368 g/mol. The molecule has 0 unspecified atom stereocenters. The Bertz CT molecular complexity index is 1080. The third kappa shape index (κ3) is 3.95. The molecule has 3 aromatic rings. The minimum atomic E-state index is -3.82. The van der Waals surface area contributed by atoms with Crippen LogP contribution in [0.25, 0.3) is 0 Å². The second kappa shape index (κ2) is 7.16. The molecule has 0 saturated carbocycles. The average Bonchev–Trinajstić information content (AvgIpc) is 2.88. The van der Waals surface area contributed by atoms with Crippen molar-refractivity contribution in [1.82, 2.24) is 19.7 Å². The van der Waals surface area contributed by atoms with Gasteiger partial charge < -0.3 is 5.32 Å². The van der Waals surface area contributed by atoms with Gasteiger partial charge in [0.15, 0.2) is 0 Å². The SMILES string of the molecule is Cc1nn(C)c(C)c1C(=O)Nc1ccc(S(=O)(=O)Nc2ncccn2)cc1. The first-order valence-corrected chi connectivity index (χ1v) is 9.47. The highest BCUT2D eigenvalue weighted by Gasteiger charge is 2.18. The van der Waals surface area contributed by atoms with Crippen molar-refractivity contribution in [1.29, 1.82) is 0 Å². The Kier molecular flexibility index (Phi) is 4.91. The molecule has 2 heterocycles. The minimum Gasteiger partial charge on any atom is -0.322 e. The van der Waals surface area contributed by atoms with E-state index in [4.69, 9.17) is 0 Å². The van der Waals surface area contributed by atoms with Crippen molar-refractivity contribution in [2.24, 2.45) is 7.05 Å². The lowest BCUT2D eigenvalue weighted by Crippen LogP contribution is -2.16. The molecule has 1 amide bonds. The number of aryl methyl sites for hydroxylation is 2. The standard InChI is InChI=1S/C17H18N6O3S/c1-11-15(12(2)23(3)21-11)16(24)20-13-5-7-14(8-6-13)27(25,26)22-17-18-9-4-10-19-17/h4-10H,1-3H3,(H,20,24)(H,18,19,22). The Labute approximate surface area is 156 Å². The van der Waals surface area contributed by atoms with Gasteiger partial charge in [-0.1, -0.05) is 0 Å². The summed E-state index contributed by atoms with van der Waals surface area (Å²) >= 11 is 0. The van der Waals surface area contributed by atoms with E-state index in [0.717, 1.165) is 5.69 Å². The van der Waals surface area contributed by atoms with Crippen LogP contribution in [0.1, 0.15) is 21.7 Å². The molecule has 10 heteroatoms. The molecule has 0 radical (unpaired) electrons. The smallest absolute Gasteiger partial charge is 0.264 e. The summed E-state index contributed by atoms with van der Waals surface area (Å²) in [5.74, 6) is -0.318. The molecule has 2 aromatic heterocycles. The van der Waals surface area contributed by atoms with Gasteiger partial charge in [-0.15, -0.1) is 0 Å². The molecule has 0 bridgehead atoms. The van der Waals surface area contributed by atoms with E-state index < -0.39 is 10.0 Å². The molecule has 140 valence electrons. The molecule has 0 aliphatic heterocycles. The number of carbonyl (C=O) groups excluding carboxylic acids is 1. The van der Waals surface area contributed by atoms with Crippen molar-refractivity contribution in [2.45, 2.75) is 18.7 Å². The Morgan fingerprint density at radius 3 is 2.26 bits per heavy atom. The van der Waals surface area contributed by atoms with Crippen LogP contribution in [0.15, 0.2) is 47.6 Å². The van der Waals surface area contributed by atoms with Crippen molar-refractivity contribution >= 4 is 27.6 Å². The summed E-state index contributed by atoms with van der Waals surface area (Å²) in [5.41, 5.74) is 2.34. The Balaban J connectivity index is 1.76. The highest BCUT2D eigenvalue weighted by atomic mass is 32.2. The van der Waals surface area contributed by atoms with Gasteiger partial charge in [0.1, 0.15) is 0 Å². The molecule has 2 N–H and O–H groups in total. The molecule has 1 aromatic carbocycles. The minimum absolute atomic E-state index is 0.0163. The maximum atomic E-state index is 12.5. The predicted molar refractivity (Wildman–Crippen MR) is 99.9 cm³/mol. The number of rotatable bonds is 5. The van der Waals surface area contributed by atoms with E-state index in [1.165, 1.54) is 36.7 Å². The highest BCUT2D eigenvalue weighted by molar-refractivity contribution is 7.92. The second-order valence-corrected chi connectivity index (χ2v) is 7.51. The van der Waals surface area contributed by atoms with E-state index in [1.807, 2.05) is 6.92 Å². The topological polar surface area (TPSA) is 119 Å². The Morgan fingerprint density at radius 2 is 1.70 bits per heavy atom. The predicted octanol–water partition coefficient (Wildman–Crippen LogP) is 1.88. The van der Waals surface area contributed by atoms with Crippen LogP contribution in [-0.2, 0) is 17.1 Å². The van der Waals surface area contributed by atoms with Gasteiger partial charge >= 0.3 is 0 Å². The van der Waals surface area contributed by atoms with Crippen molar-refractivity contribution in [3.05, 3.63) is 59.7 Å². The van der Waals surface area contributed by atoms with Gasteiger partial charge in [-0.25, -0.2) is 23.1 Å². The quantitative estimate of drug-likeness (QED) is 0.691.